The highest BCUT2D eigenvalue weighted by atomic mass is 35.5. The normalized spacial score (nSPS) is 15.4. The molecular formula is C10H14ClNO5S. The van der Waals surface area contributed by atoms with E-state index in [0.29, 0.717) is 0 Å². The van der Waals surface area contributed by atoms with Crippen molar-refractivity contribution in [3.63, 3.8) is 0 Å². The van der Waals surface area contributed by atoms with Crippen LogP contribution in [0.2, 0.25) is 5.02 Å². The first-order chi connectivity index (χ1) is 8.27. The second-order valence-electron chi connectivity index (χ2n) is 3.76. The molecule has 2 unspecified atom stereocenters. The summed E-state index contributed by atoms with van der Waals surface area (Å²) in [6, 6.07) is 3.67. The first kappa shape index (κ1) is 15.4. The van der Waals surface area contributed by atoms with Gasteiger partial charge in [0, 0.05) is 6.61 Å². The van der Waals surface area contributed by atoms with Crippen molar-refractivity contribution in [1.29, 1.82) is 0 Å². The van der Waals surface area contributed by atoms with E-state index in [-0.39, 0.29) is 28.5 Å². The van der Waals surface area contributed by atoms with Gasteiger partial charge in [0.05, 0.1) is 11.1 Å². The molecule has 2 atom stereocenters. The zero-order valence-electron chi connectivity index (χ0n) is 9.32. The molecule has 0 bridgehead atoms. The lowest BCUT2D eigenvalue weighted by atomic mass is 10.0. The predicted molar refractivity (Wildman–Crippen MR) is 65.5 cm³/mol. The number of benzene rings is 1. The SMILES string of the molecule is NS(=O)(=O)c1ccc(C(O)C(O)CCO)cc1Cl. The third-order valence-corrected chi connectivity index (χ3v) is 3.79. The minimum atomic E-state index is -3.92. The summed E-state index contributed by atoms with van der Waals surface area (Å²) < 4.78 is 22.2. The number of aliphatic hydroxyl groups is 3. The van der Waals surface area contributed by atoms with Gasteiger partial charge in [-0.1, -0.05) is 17.7 Å². The molecule has 0 heterocycles. The fraction of sp³-hybridized carbons (Fsp3) is 0.400. The van der Waals surface area contributed by atoms with Crippen molar-refractivity contribution < 1.29 is 23.7 Å². The summed E-state index contributed by atoms with van der Waals surface area (Å²) >= 11 is 5.74. The Kier molecular flexibility index (Phi) is 5.09. The summed E-state index contributed by atoms with van der Waals surface area (Å²) in [5.41, 5.74) is 0.244. The van der Waals surface area contributed by atoms with E-state index in [9.17, 15) is 18.6 Å². The van der Waals surface area contributed by atoms with Gasteiger partial charge in [-0.25, -0.2) is 13.6 Å². The van der Waals surface area contributed by atoms with Gasteiger partial charge in [-0.05, 0) is 24.1 Å². The third-order valence-electron chi connectivity index (χ3n) is 2.39. The van der Waals surface area contributed by atoms with Gasteiger partial charge < -0.3 is 15.3 Å². The molecule has 102 valence electrons. The van der Waals surface area contributed by atoms with E-state index in [1.54, 1.807) is 0 Å². The Morgan fingerprint density at radius 2 is 1.94 bits per heavy atom. The summed E-state index contributed by atoms with van der Waals surface area (Å²) in [5.74, 6) is 0. The van der Waals surface area contributed by atoms with Crippen molar-refractivity contribution in [3.8, 4) is 0 Å². The van der Waals surface area contributed by atoms with Crippen LogP contribution in [0.4, 0.5) is 0 Å². The molecule has 0 fully saturated rings. The van der Waals surface area contributed by atoms with Crippen LogP contribution in [0.15, 0.2) is 23.1 Å². The summed E-state index contributed by atoms with van der Waals surface area (Å²) in [6.07, 6.45) is -2.43. The second-order valence-corrected chi connectivity index (χ2v) is 5.70. The van der Waals surface area contributed by atoms with Gasteiger partial charge in [0.2, 0.25) is 10.0 Å². The van der Waals surface area contributed by atoms with E-state index in [4.69, 9.17) is 21.8 Å². The highest BCUT2D eigenvalue weighted by molar-refractivity contribution is 7.89. The van der Waals surface area contributed by atoms with Crippen LogP contribution >= 0.6 is 11.6 Å². The number of sulfonamides is 1. The van der Waals surface area contributed by atoms with Gasteiger partial charge in [-0.2, -0.15) is 0 Å². The van der Waals surface area contributed by atoms with Gasteiger partial charge >= 0.3 is 0 Å². The fourth-order valence-corrected chi connectivity index (χ4v) is 2.54. The van der Waals surface area contributed by atoms with Crippen molar-refractivity contribution in [3.05, 3.63) is 28.8 Å². The molecule has 1 aromatic rings. The topological polar surface area (TPSA) is 121 Å². The lowest BCUT2D eigenvalue weighted by molar-refractivity contribution is 0.00420. The Morgan fingerprint density at radius 1 is 1.33 bits per heavy atom. The molecule has 0 radical (unpaired) electrons. The lowest BCUT2D eigenvalue weighted by Gasteiger charge is -2.17. The van der Waals surface area contributed by atoms with Crippen LogP contribution in [0, 0.1) is 0 Å². The fourth-order valence-electron chi connectivity index (χ4n) is 1.44. The highest BCUT2D eigenvalue weighted by Gasteiger charge is 2.20. The van der Waals surface area contributed by atoms with E-state index >= 15 is 0 Å². The maximum atomic E-state index is 11.1. The Bertz CT molecular complexity index is 519. The quantitative estimate of drug-likeness (QED) is 0.597. The molecule has 6 nitrogen and oxygen atoms in total. The Hall–Kier alpha value is -0.700. The molecule has 0 spiro atoms. The molecule has 1 rings (SSSR count). The van der Waals surface area contributed by atoms with E-state index in [2.05, 4.69) is 0 Å². The first-order valence-electron chi connectivity index (χ1n) is 5.06. The highest BCUT2D eigenvalue weighted by Crippen LogP contribution is 2.26. The molecule has 8 heteroatoms. The summed E-state index contributed by atoms with van der Waals surface area (Å²) in [4.78, 5) is -0.253. The van der Waals surface area contributed by atoms with Crippen LogP contribution < -0.4 is 5.14 Å². The smallest absolute Gasteiger partial charge is 0.239 e. The standard InChI is InChI=1S/C10H14ClNO5S/c11-7-5-6(10(15)8(14)3-4-13)1-2-9(7)18(12,16)17/h1-2,5,8,10,13-15H,3-4H2,(H2,12,16,17). The van der Waals surface area contributed by atoms with Crippen molar-refractivity contribution in [2.24, 2.45) is 5.14 Å². The van der Waals surface area contributed by atoms with Crippen molar-refractivity contribution in [2.75, 3.05) is 6.61 Å². The Labute approximate surface area is 110 Å². The van der Waals surface area contributed by atoms with E-state index in [1.165, 1.54) is 12.1 Å². The Balaban J connectivity index is 3.05. The lowest BCUT2D eigenvalue weighted by Crippen LogP contribution is -2.20. The molecule has 0 amide bonds. The van der Waals surface area contributed by atoms with E-state index < -0.39 is 22.2 Å². The van der Waals surface area contributed by atoms with Crippen LogP contribution in [0.25, 0.3) is 0 Å². The number of hydrogen-bond acceptors (Lipinski definition) is 5. The van der Waals surface area contributed by atoms with Crippen molar-refractivity contribution in [2.45, 2.75) is 23.5 Å². The maximum Gasteiger partial charge on any atom is 0.239 e. The Morgan fingerprint density at radius 3 is 2.39 bits per heavy atom. The molecule has 0 aromatic heterocycles. The zero-order chi connectivity index (χ0) is 13.9. The molecule has 5 N–H and O–H groups in total. The average Bonchev–Trinajstić information content (AvgIpc) is 2.26. The van der Waals surface area contributed by atoms with Gasteiger partial charge in [0.1, 0.15) is 11.0 Å². The van der Waals surface area contributed by atoms with Crippen molar-refractivity contribution >= 4 is 21.6 Å². The molecule has 18 heavy (non-hydrogen) atoms. The zero-order valence-corrected chi connectivity index (χ0v) is 10.9. The van der Waals surface area contributed by atoms with Crippen LogP contribution in [0.5, 0.6) is 0 Å². The third kappa shape index (κ3) is 3.64. The van der Waals surface area contributed by atoms with E-state index in [0.717, 1.165) is 6.07 Å². The van der Waals surface area contributed by atoms with Crippen LogP contribution in [-0.2, 0) is 10.0 Å². The van der Waals surface area contributed by atoms with Crippen molar-refractivity contribution in [1.82, 2.24) is 0 Å². The number of aliphatic hydroxyl groups excluding tert-OH is 3. The first-order valence-corrected chi connectivity index (χ1v) is 6.99. The van der Waals surface area contributed by atoms with Crippen LogP contribution in [-0.4, -0.2) is 36.4 Å². The number of hydrogen-bond donors (Lipinski definition) is 4. The summed E-state index contributed by atoms with van der Waals surface area (Å²) in [5, 5.41) is 32.7. The van der Waals surface area contributed by atoms with Gasteiger partial charge in [-0.3, -0.25) is 0 Å². The second kappa shape index (κ2) is 5.96. The minimum absolute atomic E-state index is 0.00424. The molecular weight excluding hydrogens is 282 g/mol. The van der Waals surface area contributed by atoms with Gasteiger partial charge in [0.15, 0.2) is 0 Å². The number of halogens is 1. The summed E-state index contributed by atoms with van der Waals surface area (Å²) in [6.45, 7) is -0.277. The van der Waals surface area contributed by atoms with Gasteiger partial charge in [0.25, 0.3) is 0 Å². The van der Waals surface area contributed by atoms with Gasteiger partial charge in [-0.15, -0.1) is 0 Å². The van der Waals surface area contributed by atoms with Crippen LogP contribution in [0.1, 0.15) is 18.1 Å². The molecule has 0 saturated carbocycles. The summed E-state index contributed by atoms with van der Waals surface area (Å²) in [7, 11) is -3.92. The number of rotatable bonds is 5. The van der Waals surface area contributed by atoms with E-state index in [1.807, 2.05) is 0 Å². The largest absolute Gasteiger partial charge is 0.396 e. The number of primary sulfonamides is 1. The molecule has 0 aliphatic carbocycles. The maximum absolute atomic E-state index is 11.1. The predicted octanol–water partition coefficient (Wildman–Crippen LogP) is -0.236. The average molecular weight is 296 g/mol. The molecule has 0 aliphatic heterocycles. The number of nitrogens with two attached hydrogens (primary N) is 1. The molecule has 1 aromatic carbocycles. The van der Waals surface area contributed by atoms with Crippen LogP contribution in [0.3, 0.4) is 0 Å². The molecule has 0 aliphatic rings. The minimum Gasteiger partial charge on any atom is -0.396 e. The monoisotopic (exact) mass is 295 g/mol. The molecule has 0 saturated heterocycles.